The van der Waals surface area contributed by atoms with Gasteiger partial charge in [-0.3, -0.25) is 4.79 Å². The van der Waals surface area contributed by atoms with Crippen LogP contribution in [0, 0.1) is 0 Å². The molecular formula is C15H23ClN2O4. The Hall–Kier alpha value is -1.50. The maximum absolute atomic E-state index is 12.0. The summed E-state index contributed by atoms with van der Waals surface area (Å²) >= 11 is 0. The Balaban J connectivity index is 0.00000242. The predicted molar refractivity (Wildman–Crippen MR) is 87.3 cm³/mol. The lowest BCUT2D eigenvalue weighted by Gasteiger charge is -2.23. The summed E-state index contributed by atoms with van der Waals surface area (Å²) in [5.41, 5.74) is 0.684. The van der Waals surface area contributed by atoms with Crippen molar-refractivity contribution < 1.29 is 19.0 Å². The zero-order valence-electron chi connectivity index (χ0n) is 12.9. The van der Waals surface area contributed by atoms with Crippen LogP contribution in [0.4, 0.5) is 5.69 Å². The van der Waals surface area contributed by atoms with Crippen LogP contribution >= 0.6 is 12.4 Å². The summed E-state index contributed by atoms with van der Waals surface area (Å²) in [5, 5.41) is 6.05. The summed E-state index contributed by atoms with van der Waals surface area (Å²) in [6, 6.07) is 5.34. The molecule has 1 saturated heterocycles. The van der Waals surface area contributed by atoms with Crippen molar-refractivity contribution in [3.05, 3.63) is 18.2 Å². The molecule has 1 fully saturated rings. The van der Waals surface area contributed by atoms with E-state index in [-0.39, 0.29) is 24.4 Å². The second kappa shape index (κ2) is 9.50. The van der Waals surface area contributed by atoms with E-state index in [0.29, 0.717) is 43.4 Å². The Labute approximate surface area is 136 Å². The molecule has 0 saturated carbocycles. The normalized spacial score (nSPS) is 17.3. The van der Waals surface area contributed by atoms with Crippen LogP contribution in [-0.2, 0) is 9.53 Å². The number of anilines is 1. The molecule has 124 valence electrons. The Morgan fingerprint density at radius 1 is 1.45 bits per heavy atom. The van der Waals surface area contributed by atoms with E-state index in [0.717, 1.165) is 6.54 Å². The van der Waals surface area contributed by atoms with Crippen molar-refractivity contribution in [2.75, 3.05) is 38.7 Å². The van der Waals surface area contributed by atoms with E-state index < -0.39 is 0 Å². The van der Waals surface area contributed by atoms with E-state index in [1.54, 1.807) is 25.3 Å². The van der Waals surface area contributed by atoms with Crippen LogP contribution in [0.5, 0.6) is 11.5 Å². The molecule has 1 heterocycles. The van der Waals surface area contributed by atoms with Crippen molar-refractivity contribution in [2.45, 2.75) is 19.4 Å². The Bertz CT molecular complexity index is 479. The minimum atomic E-state index is -0.0742. The van der Waals surface area contributed by atoms with Crippen LogP contribution in [0.15, 0.2) is 18.2 Å². The summed E-state index contributed by atoms with van der Waals surface area (Å²) in [7, 11) is 1.57. The molecule has 0 bridgehead atoms. The van der Waals surface area contributed by atoms with Gasteiger partial charge in [0.25, 0.3) is 0 Å². The highest BCUT2D eigenvalue weighted by atomic mass is 35.5. The Morgan fingerprint density at radius 3 is 2.91 bits per heavy atom. The van der Waals surface area contributed by atoms with Gasteiger partial charge < -0.3 is 24.8 Å². The highest BCUT2D eigenvalue weighted by molar-refractivity contribution is 5.91. The maximum Gasteiger partial charge on any atom is 0.227 e. The van der Waals surface area contributed by atoms with Gasteiger partial charge in [0.05, 0.1) is 32.8 Å². The van der Waals surface area contributed by atoms with Crippen molar-refractivity contribution in [3.63, 3.8) is 0 Å². The summed E-state index contributed by atoms with van der Waals surface area (Å²) in [4.78, 5) is 12.0. The first kappa shape index (κ1) is 18.5. The van der Waals surface area contributed by atoms with Crippen molar-refractivity contribution in [1.29, 1.82) is 0 Å². The first-order valence-electron chi connectivity index (χ1n) is 7.16. The third-order valence-electron chi connectivity index (χ3n) is 3.16. The number of halogens is 1. The second-order valence-electron chi connectivity index (χ2n) is 4.75. The average Bonchev–Trinajstić information content (AvgIpc) is 2.50. The maximum atomic E-state index is 12.0. The first-order valence-corrected chi connectivity index (χ1v) is 7.16. The Morgan fingerprint density at radius 2 is 2.27 bits per heavy atom. The van der Waals surface area contributed by atoms with Gasteiger partial charge in [0.1, 0.15) is 0 Å². The topological polar surface area (TPSA) is 68.8 Å². The van der Waals surface area contributed by atoms with Crippen LogP contribution in [0.1, 0.15) is 13.3 Å². The molecular weight excluding hydrogens is 308 g/mol. The molecule has 2 N–H and O–H groups in total. The number of amides is 1. The van der Waals surface area contributed by atoms with Gasteiger partial charge in [0, 0.05) is 24.8 Å². The van der Waals surface area contributed by atoms with Gasteiger partial charge >= 0.3 is 0 Å². The number of carbonyl (C=O) groups excluding carboxylic acids is 1. The molecule has 1 unspecified atom stereocenters. The minimum absolute atomic E-state index is 0. The van der Waals surface area contributed by atoms with E-state index in [9.17, 15) is 4.79 Å². The third kappa shape index (κ3) is 5.36. The van der Waals surface area contributed by atoms with Gasteiger partial charge in [-0.05, 0) is 19.1 Å². The smallest absolute Gasteiger partial charge is 0.227 e. The predicted octanol–water partition coefficient (Wildman–Crippen LogP) is 1.83. The number of benzene rings is 1. The average molecular weight is 331 g/mol. The number of hydrogen-bond donors (Lipinski definition) is 2. The number of methoxy groups -OCH3 is 1. The van der Waals surface area contributed by atoms with Crippen LogP contribution in [0.25, 0.3) is 0 Å². The molecule has 22 heavy (non-hydrogen) atoms. The van der Waals surface area contributed by atoms with E-state index >= 15 is 0 Å². The summed E-state index contributed by atoms with van der Waals surface area (Å²) in [5.74, 6) is 1.19. The second-order valence-corrected chi connectivity index (χ2v) is 4.75. The van der Waals surface area contributed by atoms with Crippen molar-refractivity contribution in [3.8, 4) is 11.5 Å². The van der Waals surface area contributed by atoms with E-state index in [2.05, 4.69) is 10.6 Å². The third-order valence-corrected chi connectivity index (χ3v) is 3.16. The van der Waals surface area contributed by atoms with Crippen LogP contribution in [0.2, 0.25) is 0 Å². The molecule has 1 aromatic rings. The fourth-order valence-electron chi connectivity index (χ4n) is 2.19. The first-order chi connectivity index (χ1) is 10.2. The lowest BCUT2D eigenvalue weighted by atomic mass is 10.2. The molecule has 1 aromatic carbocycles. The summed E-state index contributed by atoms with van der Waals surface area (Å²) in [6.07, 6.45) is 0.269. The highest BCUT2D eigenvalue weighted by Crippen LogP contribution is 2.30. The molecule has 0 aromatic heterocycles. The molecule has 2 rings (SSSR count). The van der Waals surface area contributed by atoms with Crippen LogP contribution < -0.4 is 20.1 Å². The van der Waals surface area contributed by atoms with Crippen LogP contribution in [-0.4, -0.2) is 45.4 Å². The number of hydrogen-bond acceptors (Lipinski definition) is 5. The molecule has 0 aliphatic carbocycles. The fraction of sp³-hybridized carbons (Fsp3) is 0.533. The standard InChI is InChI=1S/C15H22N2O4.ClH/c1-3-20-13-5-4-11(8-14(13)19-2)17-15(18)9-12-10-16-6-7-21-12;/h4-5,8,12,16H,3,6-7,9-10H2,1-2H3,(H,17,18);1H. The monoisotopic (exact) mass is 330 g/mol. The van der Waals surface area contributed by atoms with Gasteiger partial charge in [-0.1, -0.05) is 0 Å². The largest absolute Gasteiger partial charge is 0.493 e. The molecule has 1 aliphatic rings. The summed E-state index contributed by atoms with van der Waals surface area (Å²) < 4.78 is 16.2. The van der Waals surface area contributed by atoms with E-state index in [1.807, 2.05) is 6.92 Å². The Kier molecular flexibility index (Phi) is 8.01. The number of nitrogens with one attached hydrogen (secondary N) is 2. The van der Waals surface area contributed by atoms with Crippen molar-refractivity contribution in [2.24, 2.45) is 0 Å². The van der Waals surface area contributed by atoms with E-state index in [1.165, 1.54) is 0 Å². The summed E-state index contributed by atoms with van der Waals surface area (Å²) in [6.45, 7) is 4.67. The SMILES string of the molecule is CCOc1ccc(NC(=O)CC2CNCCO2)cc1OC.Cl. The number of rotatable bonds is 6. The lowest BCUT2D eigenvalue weighted by molar-refractivity contribution is -0.119. The lowest BCUT2D eigenvalue weighted by Crippen LogP contribution is -2.40. The van der Waals surface area contributed by atoms with E-state index in [4.69, 9.17) is 14.2 Å². The van der Waals surface area contributed by atoms with Crippen molar-refractivity contribution in [1.82, 2.24) is 5.32 Å². The molecule has 1 atom stereocenters. The fourth-order valence-corrected chi connectivity index (χ4v) is 2.19. The van der Waals surface area contributed by atoms with Gasteiger partial charge in [-0.2, -0.15) is 0 Å². The minimum Gasteiger partial charge on any atom is -0.493 e. The molecule has 1 aliphatic heterocycles. The molecule has 0 radical (unpaired) electrons. The number of ether oxygens (including phenoxy) is 3. The number of carbonyl (C=O) groups is 1. The zero-order valence-corrected chi connectivity index (χ0v) is 13.7. The van der Waals surface area contributed by atoms with Crippen molar-refractivity contribution >= 4 is 24.0 Å². The van der Waals surface area contributed by atoms with Gasteiger partial charge in [0.2, 0.25) is 5.91 Å². The van der Waals surface area contributed by atoms with Gasteiger partial charge in [-0.25, -0.2) is 0 Å². The molecule has 1 amide bonds. The highest BCUT2D eigenvalue weighted by Gasteiger charge is 2.17. The number of morpholine rings is 1. The zero-order chi connectivity index (χ0) is 15.1. The van der Waals surface area contributed by atoms with Gasteiger partial charge in [0.15, 0.2) is 11.5 Å². The van der Waals surface area contributed by atoms with Gasteiger partial charge in [-0.15, -0.1) is 12.4 Å². The molecule has 6 nitrogen and oxygen atoms in total. The van der Waals surface area contributed by atoms with Crippen LogP contribution in [0.3, 0.4) is 0 Å². The molecule has 7 heteroatoms. The molecule has 0 spiro atoms. The quantitative estimate of drug-likeness (QED) is 0.833.